The lowest BCUT2D eigenvalue weighted by Crippen LogP contribution is -2.13. The summed E-state index contributed by atoms with van der Waals surface area (Å²) in [6.45, 7) is 1.94. The third-order valence-corrected chi connectivity index (χ3v) is 3.22. The zero-order valence-electron chi connectivity index (χ0n) is 10.1. The Morgan fingerprint density at radius 1 is 1.44 bits per heavy atom. The molecule has 18 heavy (non-hydrogen) atoms. The first-order valence-electron chi connectivity index (χ1n) is 5.51. The topological polar surface area (TPSA) is 64.1 Å². The minimum Gasteiger partial charge on any atom is -0.495 e. The molecule has 2 aromatic rings. The molecule has 1 amide bonds. The maximum absolute atomic E-state index is 12.1. The summed E-state index contributed by atoms with van der Waals surface area (Å²) in [6.07, 6.45) is 0.686. The Bertz CT molecular complexity index is 554. The maximum Gasteiger partial charge on any atom is 0.269 e. The molecule has 0 aliphatic rings. The summed E-state index contributed by atoms with van der Waals surface area (Å²) in [5.74, 6) is 0.424. The molecule has 0 atom stereocenters. The molecule has 6 heteroatoms. The van der Waals surface area contributed by atoms with Gasteiger partial charge in [0.05, 0.1) is 18.5 Å². The molecule has 0 bridgehead atoms. The fourth-order valence-electron chi connectivity index (χ4n) is 1.54. The summed E-state index contributed by atoms with van der Waals surface area (Å²) in [6, 6.07) is 7.27. The number of methoxy groups -OCH3 is 1. The van der Waals surface area contributed by atoms with E-state index < -0.39 is 0 Å². The van der Waals surface area contributed by atoms with E-state index in [0.717, 1.165) is 11.5 Å². The predicted octanol–water partition coefficient (Wildman–Crippen LogP) is 2.36. The van der Waals surface area contributed by atoms with Gasteiger partial charge < -0.3 is 10.1 Å². The van der Waals surface area contributed by atoms with Crippen LogP contribution in [0.4, 0.5) is 5.69 Å². The maximum atomic E-state index is 12.1. The molecular formula is C12H13N3O2S. The van der Waals surface area contributed by atoms with E-state index in [0.29, 0.717) is 28.4 Å². The first kappa shape index (κ1) is 12.5. The van der Waals surface area contributed by atoms with E-state index in [4.69, 9.17) is 4.74 Å². The quantitative estimate of drug-likeness (QED) is 0.919. The lowest BCUT2D eigenvalue weighted by molar-refractivity contribution is 0.102. The highest BCUT2D eigenvalue weighted by molar-refractivity contribution is 7.08. The van der Waals surface area contributed by atoms with Gasteiger partial charge in [-0.05, 0) is 30.1 Å². The van der Waals surface area contributed by atoms with E-state index in [1.165, 1.54) is 0 Å². The average molecular weight is 263 g/mol. The normalized spacial score (nSPS) is 10.1. The van der Waals surface area contributed by atoms with Crippen LogP contribution < -0.4 is 10.1 Å². The molecule has 5 nitrogen and oxygen atoms in total. The molecule has 0 aliphatic heterocycles. The third kappa shape index (κ3) is 2.48. The van der Waals surface area contributed by atoms with Gasteiger partial charge in [-0.25, -0.2) is 0 Å². The molecule has 0 aliphatic carbocycles. The number of anilines is 1. The Hall–Kier alpha value is -1.95. The van der Waals surface area contributed by atoms with Crippen molar-refractivity contribution in [2.45, 2.75) is 13.3 Å². The van der Waals surface area contributed by atoms with Gasteiger partial charge in [-0.15, -0.1) is 5.10 Å². The predicted molar refractivity (Wildman–Crippen MR) is 70.2 cm³/mol. The molecule has 0 radical (unpaired) electrons. The van der Waals surface area contributed by atoms with Crippen molar-refractivity contribution in [3.63, 3.8) is 0 Å². The summed E-state index contributed by atoms with van der Waals surface area (Å²) in [5.41, 5.74) is 1.35. The van der Waals surface area contributed by atoms with Crippen LogP contribution in [-0.2, 0) is 6.42 Å². The Morgan fingerprint density at radius 2 is 2.22 bits per heavy atom. The molecule has 1 aromatic heterocycles. The SMILES string of the molecule is CCc1nnsc1C(=O)Nc1ccccc1OC. The van der Waals surface area contributed by atoms with Crippen molar-refractivity contribution in [3.05, 3.63) is 34.8 Å². The molecule has 0 saturated heterocycles. The van der Waals surface area contributed by atoms with Gasteiger partial charge in [-0.3, -0.25) is 4.79 Å². The molecule has 0 fully saturated rings. The van der Waals surface area contributed by atoms with Crippen LogP contribution in [0.5, 0.6) is 5.75 Å². The molecule has 94 valence electrons. The largest absolute Gasteiger partial charge is 0.495 e. The third-order valence-electron chi connectivity index (χ3n) is 2.45. The lowest BCUT2D eigenvalue weighted by Gasteiger charge is -2.08. The summed E-state index contributed by atoms with van der Waals surface area (Å²) >= 11 is 1.10. The van der Waals surface area contributed by atoms with Crippen LogP contribution in [0.2, 0.25) is 0 Å². The molecule has 0 unspecified atom stereocenters. The van der Waals surface area contributed by atoms with E-state index in [1.807, 2.05) is 19.1 Å². The van der Waals surface area contributed by atoms with Gasteiger partial charge in [0.15, 0.2) is 0 Å². The number of carbonyl (C=O) groups is 1. The standard InChI is InChI=1S/C12H13N3O2S/c1-3-8-11(18-15-14-8)12(16)13-9-6-4-5-7-10(9)17-2/h4-7H,3H2,1-2H3,(H,13,16). The number of nitrogens with zero attached hydrogens (tertiary/aromatic N) is 2. The van der Waals surface area contributed by atoms with Gasteiger partial charge in [0.2, 0.25) is 0 Å². The summed E-state index contributed by atoms with van der Waals surface area (Å²) in [7, 11) is 1.57. The Kier molecular flexibility index (Phi) is 3.88. The van der Waals surface area contributed by atoms with Crippen LogP contribution in [0.1, 0.15) is 22.3 Å². The summed E-state index contributed by atoms with van der Waals surface area (Å²) in [5, 5.41) is 6.72. The van der Waals surface area contributed by atoms with Crippen molar-refractivity contribution in [2.24, 2.45) is 0 Å². The van der Waals surface area contributed by atoms with Crippen LogP contribution in [0.3, 0.4) is 0 Å². The number of benzene rings is 1. The Labute approximate surface area is 109 Å². The number of hydrogen-bond acceptors (Lipinski definition) is 5. The van der Waals surface area contributed by atoms with E-state index in [-0.39, 0.29) is 5.91 Å². The summed E-state index contributed by atoms with van der Waals surface area (Å²) in [4.78, 5) is 12.6. The van der Waals surface area contributed by atoms with Crippen LogP contribution in [0, 0.1) is 0 Å². The minimum atomic E-state index is -0.202. The molecule has 1 heterocycles. The molecular weight excluding hydrogens is 250 g/mol. The average Bonchev–Trinajstić information content (AvgIpc) is 2.87. The van der Waals surface area contributed by atoms with Crippen LogP contribution in [0.25, 0.3) is 0 Å². The highest BCUT2D eigenvalue weighted by Crippen LogP contribution is 2.24. The first-order chi connectivity index (χ1) is 8.76. The van der Waals surface area contributed by atoms with Gasteiger partial charge in [0, 0.05) is 0 Å². The second-order valence-electron chi connectivity index (χ2n) is 3.56. The highest BCUT2D eigenvalue weighted by Gasteiger charge is 2.16. The molecule has 1 aromatic carbocycles. The number of para-hydroxylation sites is 2. The van der Waals surface area contributed by atoms with Crippen molar-refractivity contribution in [3.8, 4) is 5.75 Å². The van der Waals surface area contributed by atoms with Crippen molar-refractivity contribution in [2.75, 3.05) is 12.4 Å². The highest BCUT2D eigenvalue weighted by atomic mass is 32.1. The van der Waals surface area contributed by atoms with E-state index >= 15 is 0 Å². The number of hydrogen-bond donors (Lipinski definition) is 1. The van der Waals surface area contributed by atoms with Gasteiger partial charge in [-0.1, -0.05) is 23.5 Å². The van der Waals surface area contributed by atoms with Crippen molar-refractivity contribution in [1.82, 2.24) is 9.59 Å². The molecule has 1 N–H and O–H groups in total. The van der Waals surface area contributed by atoms with Crippen molar-refractivity contribution < 1.29 is 9.53 Å². The monoisotopic (exact) mass is 263 g/mol. The van der Waals surface area contributed by atoms with Gasteiger partial charge in [0.1, 0.15) is 10.6 Å². The Balaban J connectivity index is 2.21. The van der Waals surface area contributed by atoms with Gasteiger partial charge in [0.25, 0.3) is 5.91 Å². The summed E-state index contributed by atoms with van der Waals surface area (Å²) < 4.78 is 8.98. The van der Waals surface area contributed by atoms with Crippen LogP contribution in [-0.4, -0.2) is 22.6 Å². The lowest BCUT2D eigenvalue weighted by atomic mass is 10.2. The van der Waals surface area contributed by atoms with E-state index in [2.05, 4.69) is 14.9 Å². The van der Waals surface area contributed by atoms with Crippen LogP contribution in [0.15, 0.2) is 24.3 Å². The van der Waals surface area contributed by atoms with E-state index in [9.17, 15) is 4.79 Å². The van der Waals surface area contributed by atoms with E-state index in [1.54, 1.807) is 19.2 Å². The number of rotatable bonds is 4. The number of nitrogens with one attached hydrogen (secondary N) is 1. The number of aryl methyl sites for hydroxylation is 1. The smallest absolute Gasteiger partial charge is 0.269 e. The number of amides is 1. The van der Waals surface area contributed by atoms with Crippen molar-refractivity contribution in [1.29, 1.82) is 0 Å². The number of ether oxygens (including phenoxy) is 1. The molecule has 0 saturated carbocycles. The molecule has 2 rings (SSSR count). The van der Waals surface area contributed by atoms with Gasteiger partial charge >= 0.3 is 0 Å². The Morgan fingerprint density at radius 3 is 2.94 bits per heavy atom. The van der Waals surface area contributed by atoms with Crippen LogP contribution >= 0.6 is 11.5 Å². The first-order valence-corrected chi connectivity index (χ1v) is 6.29. The van der Waals surface area contributed by atoms with Crippen molar-refractivity contribution >= 4 is 23.1 Å². The minimum absolute atomic E-state index is 0.202. The molecule has 0 spiro atoms. The fraction of sp³-hybridized carbons (Fsp3) is 0.250. The zero-order valence-corrected chi connectivity index (χ0v) is 11.0. The zero-order chi connectivity index (χ0) is 13.0. The fourth-order valence-corrected chi connectivity index (χ4v) is 2.18. The number of carbonyl (C=O) groups excluding carboxylic acids is 1. The second-order valence-corrected chi connectivity index (χ2v) is 4.31. The van der Waals surface area contributed by atoms with Gasteiger partial charge in [-0.2, -0.15) is 0 Å². The second kappa shape index (κ2) is 5.59. The number of aromatic nitrogens is 2.